The summed E-state index contributed by atoms with van der Waals surface area (Å²) in [6, 6.07) is 11.5. The molecule has 0 bridgehead atoms. The molecular formula is C22H27N5O2. The number of nitrogens with zero attached hydrogens (tertiary/aromatic N) is 4. The van der Waals surface area contributed by atoms with Crippen molar-refractivity contribution in [3.8, 4) is 0 Å². The first kappa shape index (κ1) is 19.4. The first-order valence-corrected chi connectivity index (χ1v) is 10.1. The Hall–Kier alpha value is -2.93. The van der Waals surface area contributed by atoms with Crippen molar-refractivity contribution in [3.63, 3.8) is 0 Å². The van der Waals surface area contributed by atoms with Crippen molar-refractivity contribution >= 4 is 11.6 Å². The number of aryl methyl sites for hydroxylation is 1. The maximum atomic E-state index is 12.6. The van der Waals surface area contributed by atoms with Crippen molar-refractivity contribution in [2.45, 2.75) is 38.8 Å². The monoisotopic (exact) mass is 393 g/mol. The molecule has 1 aliphatic rings. The number of hydrogen-bond acceptors (Lipinski definition) is 4. The van der Waals surface area contributed by atoms with Gasteiger partial charge in [-0.15, -0.1) is 0 Å². The molecule has 152 valence electrons. The second-order valence-corrected chi connectivity index (χ2v) is 7.71. The largest absolute Gasteiger partial charge is 0.354 e. The van der Waals surface area contributed by atoms with Gasteiger partial charge in [-0.05, 0) is 50.6 Å². The van der Waals surface area contributed by atoms with E-state index in [9.17, 15) is 9.59 Å². The van der Waals surface area contributed by atoms with Gasteiger partial charge in [0.1, 0.15) is 11.3 Å². The molecule has 0 saturated carbocycles. The molecule has 3 aromatic heterocycles. The SMILES string of the molecule is CNC(=O)c1ccc([C@H]2CCCCN2Cc2cc(=O)n3c(C)cccc3n2)n1C. The van der Waals surface area contributed by atoms with Crippen LogP contribution in [0.3, 0.4) is 0 Å². The maximum absolute atomic E-state index is 12.6. The standard InChI is InChI=1S/C22H27N5O2/c1-15-7-6-9-20-24-16(13-21(28)27(15)20)14-26-12-5-4-8-18(26)17-10-11-19(25(17)3)22(29)23-2/h6-7,9-11,13,18H,4-5,8,12,14H2,1-3H3,(H,23,29)/t18-/m1/s1. The van der Waals surface area contributed by atoms with Crippen molar-refractivity contribution in [2.24, 2.45) is 7.05 Å². The van der Waals surface area contributed by atoms with Gasteiger partial charge in [-0.2, -0.15) is 0 Å². The van der Waals surface area contributed by atoms with Crippen LogP contribution in [0.5, 0.6) is 0 Å². The van der Waals surface area contributed by atoms with Gasteiger partial charge in [-0.25, -0.2) is 4.98 Å². The number of amides is 1. The van der Waals surface area contributed by atoms with Crippen molar-refractivity contribution in [3.05, 3.63) is 69.5 Å². The molecule has 1 N–H and O–H groups in total. The second kappa shape index (κ2) is 7.83. The van der Waals surface area contributed by atoms with Crippen LogP contribution in [0.1, 0.15) is 52.9 Å². The van der Waals surface area contributed by atoms with E-state index in [1.54, 1.807) is 17.5 Å². The number of rotatable bonds is 4. The van der Waals surface area contributed by atoms with Gasteiger partial charge in [0.2, 0.25) is 0 Å². The minimum Gasteiger partial charge on any atom is -0.354 e. The summed E-state index contributed by atoms with van der Waals surface area (Å²) < 4.78 is 3.62. The minimum atomic E-state index is -0.0827. The molecule has 0 unspecified atom stereocenters. The lowest BCUT2D eigenvalue weighted by Crippen LogP contribution is -2.35. The summed E-state index contributed by atoms with van der Waals surface area (Å²) in [6.45, 7) is 3.47. The predicted molar refractivity (Wildman–Crippen MR) is 112 cm³/mol. The number of likely N-dealkylation sites (tertiary alicyclic amines) is 1. The predicted octanol–water partition coefficient (Wildman–Crippen LogP) is 2.43. The van der Waals surface area contributed by atoms with E-state index >= 15 is 0 Å². The third-order valence-electron chi connectivity index (χ3n) is 5.87. The summed E-state index contributed by atoms with van der Waals surface area (Å²) in [7, 11) is 3.59. The lowest BCUT2D eigenvalue weighted by Gasteiger charge is -2.36. The summed E-state index contributed by atoms with van der Waals surface area (Å²) in [5, 5.41) is 2.70. The molecule has 1 aliphatic heterocycles. The zero-order chi connectivity index (χ0) is 20.5. The average Bonchev–Trinajstić information content (AvgIpc) is 3.09. The van der Waals surface area contributed by atoms with Crippen molar-refractivity contribution in [1.82, 2.24) is 24.2 Å². The zero-order valence-electron chi connectivity index (χ0n) is 17.2. The molecule has 1 amide bonds. The van der Waals surface area contributed by atoms with E-state index in [1.807, 2.05) is 48.9 Å². The van der Waals surface area contributed by atoms with Crippen LogP contribution in [-0.4, -0.2) is 38.4 Å². The molecular weight excluding hydrogens is 366 g/mol. The molecule has 1 fully saturated rings. The summed E-state index contributed by atoms with van der Waals surface area (Å²) in [5.41, 5.74) is 4.09. The Kier molecular flexibility index (Phi) is 5.24. The van der Waals surface area contributed by atoms with Crippen LogP contribution in [-0.2, 0) is 13.6 Å². The first-order chi connectivity index (χ1) is 14.0. The lowest BCUT2D eigenvalue weighted by atomic mass is 9.99. The molecule has 4 rings (SSSR count). The second-order valence-electron chi connectivity index (χ2n) is 7.71. The van der Waals surface area contributed by atoms with E-state index < -0.39 is 0 Å². The molecule has 7 heteroatoms. The van der Waals surface area contributed by atoms with Crippen LogP contribution >= 0.6 is 0 Å². The molecule has 0 spiro atoms. The third kappa shape index (κ3) is 3.58. The molecule has 1 atom stereocenters. The normalized spacial score (nSPS) is 17.6. The van der Waals surface area contributed by atoms with Gasteiger partial charge in [0.25, 0.3) is 11.5 Å². The molecule has 4 heterocycles. The molecule has 1 saturated heterocycles. The van der Waals surface area contributed by atoms with Gasteiger partial charge in [-0.3, -0.25) is 18.9 Å². The Labute approximate surface area is 170 Å². The van der Waals surface area contributed by atoms with Crippen LogP contribution in [0.25, 0.3) is 5.65 Å². The quantitative estimate of drug-likeness (QED) is 0.739. The third-order valence-corrected chi connectivity index (χ3v) is 5.87. The van der Waals surface area contributed by atoms with E-state index in [4.69, 9.17) is 4.98 Å². The van der Waals surface area contributed by atoms with Crippen LogP contribution in [0.2, 0.25) is 0 Å². The molecule has 0 radical (unpaired) electrons. The summed E-state index contributed by atoms with van der Waals surface area (Å²) >= 11 is 0. The zero-order valence-corrected chi connectivity index (χ0v) is 17.2. The highest BCUT2D eigenvalue weighted by molar-refractivity contribution is 5.92. The van der Waals surface area contributed by atoms with Gasteiger partial charge in [0, 0.05) is 38.1 Å². The Morgan fingerprint density at radius 1 is 1.24 bits per heavy atom. The van der Waals surface area contributed by atoms with E-state index in [1.165, 1.54) is 0 Å². The highest BCUT2D eigenvalue weighted by Gasteiger charge is 2.27. The first-order valence-electron chi connectivity index (χ1n) is 10.1. The Bertz CT molecular complexity index is 1110. The summed E-state index contributed by atoms with van der Waals surface area (Å²) in [4.78, 5) is 31.8. The van der Waals surface area contributed by atoms with Crippen molar-refractivity contribution in [2.75, 3.05) is 13.6 Å². The maximum Gasteiger partial charge on any atom is 0.267 e. The van der Waals surface area contributed by atoms with E-state index in [-0.39, 0.29) is 17.5 Å². The van der Waals surface area contributed by atoms with Crippen LogP contribution in [0.15, 0.2) is 41.2 Å². The number of piperidine rings is 1. The van der Waals surface area contributed by atoms with Crippen molar-refractivity contribution in [1.29, 1.82) is 0 Å². The highest BCUT2D eigenvalue weighted by Crippen LogP contribution is 2.32. The summed E-state index contributed by atoms with van der Waals surface area (Å²) in [6.07, 6.45) is 3.29. The van der Waals surface area contributed by atoms with E-state index in [2.05, 4.69) is 10.2 Å². The topological polar surface area (TPSA) is 71.6 Å². The van der Waals surface area contributed by atoms with E-state index in [0.29, 0.717) is 17.9 Å². The fourth-order valence-electron chi connectivity index (χ4n) is 4.39. The fourth-order valence-corrected chi connectivity index (χ4v) is 4.39. The van der Waals surface area contributed by atoms with Gasteiger partial charge in [-0.1, -0.05) is 12.5 Å². The Balaban J connectivity index is 1.66. The van der Waals surface area contributed by atoms with E-state index in [0.717, 1.165) is 42.9 Å². The van der Waals surface area contributed by atoms with Crippen LogP contribution in [0.4, 0.5) is 0 Å². The molecule has 0 aromatic carbocycles. The number of nitrogens with one attached hydrogen (secondary N) is 1. The van der Waals surface area contributed by atoms with Gasteiger partial charge in [0.05, 0.1) is 11.7 Å². The summed E-state index contributed by atoms with van der Waals surface area (Å²) in [5.74, 6) is -0.0827. The molecule has 3 aromatic rings. The smallest absolute Gasteiger partial charge is 0.267 e. The average molecular weight is 393 g/mol. The molecule has 7 nitrogen and oxygen atoms in total. The number of aromatic nitrogens is 3. The van der Waals surface area contributed by atoms with Crippen LogP contribution < -0.4 is 10.9 Å². The van der Waals surface area contributed by atoms with Crippen LogP contribution in [0, 0.1) is 6.92 Å². The van der Waals surface area contributed by atoms with Gasteiger partial charge >= 0.3 is 0 Å². The molecule has 29 heavy (non-hydrogen) atoms. The highest BCUT2D eigenvalue weighted by atomic mass is 16.2. The van der Waals surface area contributed by atoms with Gasteiger partial charge in [0.15, 0.2) is 0 Å². The number of hydrogen-bond donors (Lipinski definition) is 1. The van der Waals surface area contributed by atoms with Gasteiger partial charge < -0.3 is 9.88 Å². The Morgan fingerprint density at radius 3 is 2.86 bits per heavy atom. The fraction of sp³-hybridized carbons (Fsp3) is 0.409. The van der Waals surface area contributed by atoms with Crippen molar-refractivity contribution < 1.29 is 4.79 Å². The minimum absolute atomic E-state index is 0.0440. The number of carbonyl (C=O) groups excluding carboxylic acids is 1. The Morgan fingerprint density at radius 2 is 2.07 bits per heavy atom. The number of pyridine rings is 1. The molecule has 0 aliphatic carbocycles. The number of fused-ring (bicyclic) bond motifs is 1. The number of carbonyl (C=O) groups is 1. The lowest BCUT2D eigenvalue weighted by molar-refractivity contribution is 0.0952.